The molecule has 3 saturated carbocycles. The lowest BCUT2D eigenvalue weighted by atomic mass is 9.59. The van der Waals surface area contributed by atoms with Crippen LogP contribution < -0.4 is 0 Å². The number of carbonyl (C=O) groups is 2. The first-order chi connectivity index (χ1) is 6.77. The van der Waals surface area contributed by atoms with Crippen LogP contribution >= 0.6 is 0 Å². The smallest absolute Gasteiger partial charge is 0.317 e. The van der Waals surface area contributed by atoms with Gasteiger partial charge in [0.1, 0.15) is 0 Å². The average molecular weight is 194 g/mol. The Morgan fingerprint density at radius 3 is 1.93 bits per heavy atom. The molecule has 0 radical (unpaired) electrons. The Hall–Kier alpha value is -0.900. The van der Waals surface area contributed by atoms with Crippen molar-refractivity contribution in [3.05, 3.63) is 0 Å². The van der Waals surface area contributed by atoms with E-state index in [-0.39, 0.29) is 47.8 Å². The van der Waals surface area contributed by atoms with E-state index in [4.69, 9.17) is 9.47 Å². The average Bonchev–Trinajstić information content (AvgIpc) is 2.92. The third-order valence-electron chi connectivity index (χ3n) is 4.29. The van der Waals surface area contributed by atoms with Crippen LogP contribution in [-0.2, 0) is 19.1 Å². The summed E-state index contributed by atoms with van der Waals surface area (Å²) in [5, 5.41) is 0. The van der Waals surface area contributed by atoms with E-state index < -0.39 is 0 Å². The van der Waals surface area contributed by atoms with Crippen molar-refractivity contribution >= 4 is 11.9 Å². The van der Waals surface area contributed by atoms with Gasteiger partial charge in [0.2, 0.25) is 0 Å². The Morgan fingerprint density at radius 2 is 1.43 bits per heavy atom. The van der Waals surface area contributed by atoms with Gasteiger partial charge in [-0.15, -0.1) is 0 Å². The van der Waals surface area contributed by atoms with E-state index in [1.54, 1.807) is 0 Å². The number of carbonyl (C=O) groups excluding carboxylic acids is 2. The van der Waals surface area contributed by atoms with Crippen molar-refractivity contribution in [2.45, 2.75) is 25.0 Å². The molecule has 4 heteroatoms. The molecule has 2 aliphatic heterocycles. The normalized spacial score (nSPS) is 58.0. The lowest BCUT2D eigenvalue weighted by molar-refractivity contribution is -0.154. The van der Waals surface area contributed by atoms with Crippen molar-refractivity contribution in [2.24, 2.45) is 23.7 Å². The number of epoxide rings is 1. The zero-order valence-corrected chi connectivity index (χ0v) is 7.51. The molecule has 0 aromatic heterocycles. The Kier molecular flexibility index (Phi) is 1.07. The van der Waals surface area contributed by atoms with E-state index in [2.05, 4.69) is 0 Å². The summed E-state index contributed by atoms with van der Waals surface area (Å²) in [5.74, 6) is -0.440. The minimum Gasteiger partial charge on any atom is -0.393 e. The molecule has 3 aliphatic carbocycles. The highest BCUT2D eigenvalue weighted by Crippen LogP contribution is 2.60. The molecule has 14 heavy (non-hydrogen) atoms. The van der Waals surface area contributed by atoms with E-state index in [0.717, 1.165) is 12.8 Å². The zero-order chi connectivity index (χ0) is 9.45. The molecule has 5 rings (SSSR count). The molecule has 0 aromatic rings. The first-order valence-corrected chi connectivity index (χ1v) is 5.18. The van der Waals surface area contributed by atoms with Crippen molar-refractivity contribution in [3.8, 4) is 0 Å². The molecule has 0 aromatic carbocycles. The second kappa shape index (κ2) is 2.03. The molecule has 0 amide bonds. The molecule has 2 saturated heterocycles. The fraction of sp³-hybridized carbons (Fsp3) is 0.800. The summed E-state index contributed by atoms with van der Waals surface area (Å²) in [7, 11) is 0. The molecule has 0 spiro atoms. The molecule has 5 fully saturated rings. The summed E-state index contributed by atoms with van der Waals surface area (Å²) < 4.78 is 10.3. The first kappa shape index (κ1) is 7.40. The van der Waals surface area contributed by atoms with Crippen molar-refractivity contribution < 1.29 is 19.1 Å². The second-order valence-corrected chi connectivity index (χ2v) is 4.76. The number of hydrogen-bond donors (Lipinski definition) is 0. The predicted octanol–water partition coefficient (Wildman–Crippen LogP) is 0.109. The Bertz CT molecular complexity index is 318. The molecular weight excluding hydrogens is 184 g/mol. The molecule has 0 N–H and O–H groups in total. The third-order valence-corrected chi connectivity index (χ3v) is 4.29. The van der Waals surface area contributed by atoms with Gasteiger partial charge in [-0.2, -0.15) is 0 Å². The largest absolute Gasteiger partial charge is 0.393 e. The Morgan fingerprint density at radius 1 is 0.929 bits per heavy atom. The van der Waals surface area contributed by atoms with Gasteiger partial charge in [-0.1, -0.05) is 0 Å². The monoisotopic (exact) mass is 194 g/mol. The van der Waals surface area contributed by atoms with Crippen LogP contribution in [0.15, 0.2) is 0 Å². The molecule has 4 nitrogen and oxygen atoms in total. The van der Waals surface area contributed by atoms with Crippen LogP contribution in [0.4, 0.5) is 0 Å². The number of cyclic esters (lactones) is 2. The van der Waals surface area contributed by atoms with Crippen LogP contribution in [0.3, 0.4) is 0 Å². The van der Waals surface area contributed by atoms with E-state index in [9.17, 15) is 9.59 Å². The van der Waals surface area contributed by atoms with Gasteiger partial charge in [-0.05, 0) is 12.8 Å². The maximum atomic E-state index is 11.5. The fourth-order valence-corrected chi connectivity index (χ4v) is 3.72. The number of esters is 2. The molecule has 5 aliphatic rings. The first-order valence-electron chi connectivity index (χ1n) is 5.18. The summed E-state index contributed by atoms with van der Waals surface area (Å²) in [6, 6.07) is 0. The molecule has 2 bridgehead atoms. The van der Waals surface area contributed by atoms with E-state index >= 15 is 0 Å². The van der Waals surface area contributed by atoms with Crippen LogP contribution in [0, 0.1) is 23.7 Å². The van der Waals surface area contributed by atoms with Gasteiger partial charge in [0.25, 0.3) is 0 Å². The van der Waals surface area contributed by atoms with Crippen molar-refractivity contribution in [3.63, 3.8) is 0 Å². The highest BCUT2D eigenvalue weighted by Gasteiger charge is 2.69. The van der Waals surface area contributed by atoms with E-state index in [1.165, 1.54) is 0 Å². The maximum Gasteiger partial charge on any atom is 0.317 e. The van der Waals surface area contributed by atoms with Gasteiger partial charge in [0.05, 0.1) is 24.0 Å². The standard InChI is InChI=1S/C10H10O4/c11-9-5-3-1-2-4(8-7(3)13-8)6(5)10(12)14-9/h3-8H,1-2H2/t3-,4+,5-,6+,7-,8-/m1/s1. The molecule has 74 valence electrons. The van der Waals surface area contributed by atoms with Crippen LogP contribution in [-0.4, -0.2) is 24.1 Å². The summed E-state index contributed by atoms with van der Waals surface area (Å²) >= 11 is 0. The van der Waals surface area contributed by atoms with Crippen LogP contribution in [0.2, 0.25) is 0 Å². The van der Waals surface area contributed by atoms with E-state index in [1.807, 2.05) is 0 Å². The van der Waals surface area contributed by atoms with Crippen molar-refractivity contribution in [1.82, 2.24) is 0 Å². The van der Waals surface area contributed by atoms with Crippen molar-refractivity contribution in [2.75, 3.05) is 0 Å². The Balaban J connectivity index is 1.83. The molecular formula is C10H10O4. The van der Waals surface area contributed by atoms with Crippen LogP contribution in [0.25, 0.3) is 0 Å². The van der Waals surface area contributed by atoms with Gasteiger partial charge in [-0.3, -0.25) is 9.59 Å². The molecule has 6 atom stereocenters. The fourth-order valence-electron chi connectivity index (χ4n) is 3.72. The Labute approximate surface area is 80.6 Å². The summed E-state index contributed by atoms with van der Waals surface area (Å²) in [5.41, 5.74) is 0. The predicted molar refractivity (Wildman–Crippen MR) is 43.0 cm³/mol. The van der Waals surface area contributed by atoms with Gasteiger partial charge in [-0.25, -0.2) is 0 Å². The number of ether oxygens (including phenoxy) is 2. The van der Waals surface area contributed by atoms with Gasteiger partial charge in [0, 0.05) is 11.8 Å². The summed E-state index contributed by atoms with van der Waals surface area (Å²) in [6.07, 6.45) is 2.56. The SMILES string of the molecule is O=C1OC(=O)[C@H]2[C@@H]3CC[C@@H]([C@H]4O[C@H]34)[C@@H]12. The van der Waals surface area contributed by atoms with Gasteiger partial charge in [0.15, 0.2) is 0 Å². The highest BCUT2D eigenvalue weighted by molar-refractivity contribution is 5.97. The summed E-state index contributed by atoms with van der Waals surface area (Å²) in [6.45, 7) is 0. The topological polar surface area (TPSA) is 55.9 Å². The number of rotatable bonds is 0. The third kappa shape index (κ3) is 0.639. The van der Waals surface area contributed by atoms with E-state index in [0.29, 0.717) is 0 Å². The summed E-state index contributed by atoms with van der Waals surface area (Å²) in [4.78, 5) is 22.9. The second-order valence-electron chi connectivity index (χ2n) is 4.76. The van der Waals surface area contributed by atoms with Crippen LogP contribution in [0.5, 0.6) is 0 Å². The van der Waals surface area contributed by atoms with Crippen LogP contribution in [0.1, 0.15) is 12.8 Å². The van der Waals surface area contributed by atoms with Crippen molar-refractivity contribution in [1.29, 1.82) is 0 Å². The zero-order valence-electron chi connectivity index (χ0n) is 7.51. The molecule has 0 unspecified atom stereocenters. The maximum absolute atomic E-state index is 11.5. The number of hydrogen-bond acceptors (Lipinski definition) is 4. The minimum atomic E-state index is -0.302. The van der Waals surface area contributed by atoms with Gasteiger partial charge >= 0.3 is 11.9 Å². The molecule has 2 heterocycles. The lowest BCUT2D eigenvalue weighted by Crippen LogP contribution is -2.46. The highest BCUT2D eigenvalue weighted by atomic mass is 16.6. The lowest BCUT2D eigenvalue weighted by Gasteiger charge is -2.38. The quantitative estimate of drug-likeness (QED) is 0.312. The minimum absolute atomic E-state index is 0.176. The number of fused-ring (bicyclic) bond motifs is 1. The van der Waals surface area contributed by atoms with Gasteiger partial charge < -0.3 is 9.47 Å².